The SMILES string of the molecule is CCC#CC(=O)NOC1(c2ccc3ncnc(Nc4ccc(Oc5ccc(C(F)(F)F)nc5)c(C)c4)c3c2)CCCCO1. The Balaban J connectivity index is 1.38. The third-order valence-electron chi connectivity index (χ3n) is 6.69. The highest BCUT2D eigenvalue weighted by Crippen LogP contribution is 2.38. The predicted molar refractivity (Wildman–Crippen MR) is 152 cm³/mol. The van der Waals surface area contributed by atoms with E-state index in [9.17, 15) is 18.0 Å². The van der Waals surface area contributed by atoms with Gasteiger partial charge in [0.25, 0.3) is 0 Å². The fourth-order valence-electron chi connectivity index (χ4n) is 4.57. The average molecular weight is 592 g/mol. The molecular formula is C31H28F3N5O4. The van der Waals surface area contributed by atoms with E-state index < -0.39 is 23.6 Å². The van der Waals surface area contributed by atoms with Gasteiger partial charge in [-0.25, -0.2) is 25.3 Å². The Morgan fingerprint density at radius 3 is 2.65 bits per heavy atom. The Hall–Kier alpha value is -4.73. The minimum atomic E-state index is -4.52. The maximum atomic E-state index is 12.8. The van der Waals surface area contributed by atoms with E-state index in [4.69, 9.17) is 14.3 Å². The van der Waals surface area contributed by atoms with Gasteiger partial charge in [0.15, 0.2) is 0 Å². The van der Waals surface area contributed by atoms with Crippen molar-refractivity contribution >= 4 is 28.3 Å². The predicted octanol–water partition coefficient (Wildman–Crippen LogP) is 6.70. The summed E-state index contributed by atoms with van der Waals surface area (Å²) in [6, 6.07) is 12.9. The summed E-state index contributed by atoms with van der Waals surface area (Å²) < 4.78 is 50.3. The van der Waals surface area contributed by atoms with Crippen LogP contribution in [0.4, 0.5) is 24.7 Å². The lowest BCUT2D eigenvalue weighted by Crippen LogP contribution is -2.42. The van der Waals surface area contributed by atoms with Crippen LogP contribution >= 0.6 is 0 Å². The second-order valence-corrected chi connectivity index (χ2v) is 9.79. The summed E-state index contributed by atoms with van der Waals surface area (Å²) in [5.41, 5.74) is 4.22. The van der Waals surface area contributed by atoms with Crippen LogP contribution in [-0.2, 0) is 26.3 Å². The fourth-order valence-corrected chi connectivity index (χ4v) is 4.57. The molecule has 0 spiro atoms. The number of hydrogen-bond acceptors (Lipinski definition) is 8. The maximum absolute atomic E-state index is 12.8. The lowest BCUT2D eigenvalue weighted by atomic mass is 9.96. The molecule has 4 aromatic rings. The number of carbonyl (C=O) groups excluding carboxylic acids is 1. The molecule has 9 nitrogen and oxygen atoms in total. The molecule has 1 unspecified atom stereocenters. The smallest absolute Gasteiger partial charge is 0.433 e. The van der Waals surface area contributed by atoms with Crippen molar-refractivity contribution in [3.8, 4) is 23.3 Å². The lowest BCUT2D eigenvalue weighted by Gasteiger charge is -2.36. The summed E-state index contributed by atoms with van der Waals surface area (Å²) in [6.45, 7) is 4.12. The van der Waals surface area contributed by atoms with Crippen molar-refractivity contribution in [3.05, 3.63) is 77.9 Å². The number of aryl methyl sites for hydroxylation is 1. The topological polar surface area (TPSA) is 107 Å². The number of fused-ring (bicyclic) bond motifs is 1. The number of ether oxygens (including phenoxy) is 2. The van der Waals surface area contributed by atoms with Crippen LogP contribution in [0.25, 0.3) is 10.9 Å². The molecule has 1 amide bonds. The number of rotatable bonds is 7. The number of amides is 1. The molecule has 0 saturated carbocycles. The first-order chi connectivity index (χ1) is 20.7. The molecule has 0 aliphatic carbocycles. The van der Waals surface area contributed by atoms with Crippen molar-refractivity contribution < 1.29 is 32.3 Å². The lowest BCUT2D eigenvalue weighted by molar-refractivity contribution is -0.288. The van der Waals surface area contributed by atoms with Gasteiger partial charge in [0.1, 0.15) is 29.3 Å². The van der Waals surface area contributed by atoms with Crippen molar-refractivity contribution in [2.45, 2.75) is 51.5 Å². The van der Waals surface area contributed by atoms with Crippen LogP contribution < -0.4 is 15.5 Å². The maximum Gasteiger partial charge on any atom is 0.433 e. The van der Waals surface area contributed by atoms with Crippen LogP contribution in [0.15, 0.2) is 61.1 Å². The first kappa shape index (κ1) is 29.8. The summed E-state index contributed by atoms with van der Waals surface area (Å²) in [4.78, 5) is 30.3. The van der Waals surface area contributed by atoms with Crippen molar-refractivity contribution in [1.82, 2.24) is 20.4 Å². The quantitative estimate of drug-likeness (QED) is 0.181. The highest BCUT2D eigenvalue weighted by atomic mass is 19.4. The average Bonchev–Trinajstić information content (AvgIpc) is 3.00. The molecule has 12 heteroatoms. The van der Waals surface area contributed by atoms with E-state index >= 15 is 0 Å². The molecule has 1 fully saturated rings. The molecule has 0 radical (unpaired) electrons. The Morgan fingerprint density at radius 1 is 1.09 bits per heavy atom. The summed E-state index contributed by atoms with van der Waals surface area (Å²) in [5, 5.41) is 4.00. The van der Waals surface area contributed by atoms with Gasteiger partial charge in [0, 0.05) is 29.5 Å². The van der Waals surface area contributed by atoms with Crippen LogP contribution in [0, 0.1) is 18.8 Å². The standard InChI is InChI=1S/C31H28F3N5O4/c1-3-4-7-28(40)39-43-30(14-5-6-15-41-30)21-8-11-25-24(17-21)29(37-19-36-25)38-22-9-12-26(20(2)16-22)42-23-10-13-27(35-18-23)31(32,33)34/h8-13,16-19H,3,5-6,14-15H2,1-2H3,(H,39,40)(H,36,37,38). The third kappa shape index (κ3) is 7.02. The zero-order chi connectivity index (χ0) is 30.5. The van der Waals surface area contributed by atoms with Gasteiger partial charge in [-0.15, -0.1) is 0 Å². The summed E-state index contributed by atoms with van der Waals surface area (Å²) in [6.07, 6.45) is 0.725. The molecule has 1 aliphatic heterocycles. The summed E-state index contributed by atoms with van der Waals surface area (Å²) >= 11 is 0. The second kappa shape index (κ2) is 12.6. The highest BCUT2D eigenvalue weighted by molar-refractivity contribution is 5.93. The Labute approximate surface area is 245 Å². The number of nitrogens with one attached hydrogen (secondary N) is 2. The molecule has 1 aliphatic rings. The second-order valence-electron chi connectivity index (χ2n) is 9.79. The zero-order valence-electron chi connectivity index (χ0n) is 23.4. The molecule has 1 saturated heterocycles. The fraction of sp³-hybridized carbons (Fsp3) is 0.290. The van der Waals surface area contributed by atoms with Gasteiger partial charge in [-0.3, -0.25) is 4.79 Å². The molecular weight excluding hydrogens is 563 g/mol. The summed E-state index contributed by atoms with van der Waals surface area (Å²) in [7, 11) is 0. The van der Waals surface area contributed by atoms with Crippen LogP contribution in [0.1, 0.15) is 49.4 Å². The van der Waals surface area contributed by atoms with Crippen molar-refractivity contribution in [2.24, 2.45) is 0 Å². The van der Waals surface area contributed by atoms with Gasteiger partial charge >= 0.3 is 12.1 Å². The number of alkyl halides is 3. The molecule has 3 heterocycles. The largest absolute Gasteiger partial charge is 0.455 e. The van der Waals surface area contributed by atoms with E-state index in [1.54, 1.807) is 12.1 Å². The first-order valence-corrected chi connectivity index (χ1v) is 13.6. The van der Waals surface area contributed by atoms with Gasteiger partial charge < -0.3 is 14.8 Å². The van der Waals surface area contributed by atoms with Gasteiger partial charge in [-0.05, 0) is 73.7 Å². The van der Waals surface area contributed by atoms with E-state index in [1.807, 2.05) is 38.1 Å². The number of aromatic nitrogens is 3. The van der Waals surface area contributed by atoms with Gasteiger partial charge in [0.05, 0.1) is 18.3 Å². The van der Waals surface area contributed by atoms with E-state index in [0.29, 0.717) is 53.2 Å². The molecule has 0 bridgehead atoms. The molecule has 222 valence electrons. The Bertz CT molecular complexity index is 1680. The van der Waals surface area contributed by atoms with Crippen LogP contribution in [-0.4, -0.2) is 27.5 Å². The van der Waals surface area contributed by atoms with Crippen molar-refractivity contribution in [3.63, 3.8) is 0 Å². The number of pyridine rings is 1. The molecule has 43 heavy (non-hydrogen) atoms. The molecule has 5 rings (SSSR count). The number of benzene rings is 2. The van der Waals surface area contributed by atoms with Gasteiger partial charge in [0.2, 0.25) is 5.79 Å². The minimum Gasteiger partial charge on any atom is -0.455 e. The van der Waals surface area contributed by atoms with E-state index in [0.717, 1.165) is 30.7 Å². The number of hydrogen-bond donors (Lipinski definition) is 2. The van der Waals surface area contributed by atoms with E-state index in [1.165, 1.54) is 12.4 Å². The molecule has 2 aromatic carbocycles. The van der Waals surface area contributed by atoms with Crippen molar-refractivity contribution in [2.75, 3.05) is 11.9 Å². The molecule has 2 N–H and O–H groups in total. The molecule has 1 atom stereocenters. The van der Waals surface area contributed by atoms with Crippen LogP contribution in [0.3, 0.4) is 0 Å². The normalized spacial score (nSPS) is 16.7. The zero-order valence-corrected chi connectivity index (χ0v) is 23.4. The number of carbonyl (C=O) groups is 1. The van der Waals surface area contributed by atoms with Crippen molar-refractivity contribution in [1.29, 1.82) is 0 Å². The highest BCUT2D eigenvalue weighted by Gasteiger charge is 2.38. The first-order valence-electron chi connectivity index (χ1n) is 13.6. The molecule has 2 aromatic heterocycles. The van der Waals surface area contributed by atoms with Gasteiger partial charge in [-0.2, -0.15) is 13.2 Å². The monoisotopic (exact) mass is 591 g/mol. The summed E-state index contributed by atoms with van der Waals surface area (Å²) in [5.74, 6) is 4.59. The number of anilines is 2. The number of halogens is 3. The van der Waals surface area contributed by atoms with Crippen LogP contribution in [0.2, 0.25) is 0 Å². The van der Waals surface area contributed by atoms with E-state index in [2.05, 4.69) is 37.6 Å². The van der Waals surface area contributed by atoms with Gasteiger partial charge in [-0.1, -0.05) is 18.9 Å². The Kier molecular flexibility index (Phi) is 8.75. The minimum absolute atomic E-state index is 0.181. The number of nitrogens with zero attached hydrogens (tertiary/aromatic N) is 3. The third-order valence-corrected chi connectivity index (χ3v) is 6.69. The Morgan fingerprint density at radius 2 is 1.95 bits per heavy atom. The van der Waals surface area contributed by atoms with E-state index in [-0.39, 0.29) is 5.75 Å². The van der Waals surface area contributed by atoms with Crippen LogP contribution in [0.5, 0.6) is 11.5 Å². The number of hydroxylamine groups is 1.